The van der Waals surface area contributed by atoms with E-state index < -0.39 is 0 Å². The molecule has 0 saturated carbocycles. The predicted molar refractivity (Wildman–Crippen MR) is 64.2 cm³/mol. The Morgan fingerprint density at radius 2 is 2.00 bits per heavy atom. The van der Waals surface area contributed by atoms with Crippen molar-refractivity contribution in [3.8, 4) is 0 Å². The first kappa shape index (κ1) is 10.3. The number of aromatic nitrogens is 1. The molecule has 4 heteroatoms. The van der Waals surface area contributed by atoms with Crippen molar-refractivity contribution in [3.63, 3.8) is 0 Å². The summed E-state index contributed by atoms with van der Waals surface area (Å²) in [6.45, 7) is 0. The molecule has 0 saturated heterocycles. The number of nitrogens with two attached hydrogens (primary N) is 1. The van der Waals surface area contributed by atoms with Crippen molar-refractivity contribution >= 4 is 29.1 Å². The average Bonchev–Trinajstić information content (AvgIpc) is 2.26. The van der Waals surface area contributed by atoms with E-state index in [1.807, 2.05) is 30.3 Å². The lowest BCUT2D eigenvalue weighted by Gasteiger charge is -2.05. The van der Waals surface area contributed by atoms with Crippen LogP contribution in [0.25, 0.3) is 0 Å². The largest absolute Gasteiger partial charge is 0.397 e. The van der Waals surface area contributed by atoms with E-state index in [1.54, 1.807) is 12.3 Å². The highest BCUT2D eigenvalue weighted by Crippen LogP contribution is 2.34. The Morgan fingerprint density at radius 1 is 1.13 bits per heavy atom. The molecule has 0 spiro atoms. The van der Waals surface area contributed by atoms with Gasteiger partial charge in [-0.15, -0.1) is 0 Å². The van der Waals surface area contributed by atoms with Crippen molar-refractivity contribution in [2.24, 2.45) is 0 Å². The Bertz CT molecular complexity index is 459. The minimum absolute atomic E-state index is 0.580. The maximum absolute atomic E-state index is 5.92. The monoisotopic (exact) mass is 236 g/mol. The Labute approximate surface area is 97.5 Å². The van der Waals surface area contributed by atoms with Gasteiger partial charge in [0, 0.05) is 11.1 Å². The number of benzene rings is 1. The summed E-state index contributed by atoms with van der Waals surface area (Å²) in [6, 6.07) is 11.3. The van der Waals surface area contributed by atoms with Gasteiger partial charge in [0.05, 0.1) is 10.7 Å². The molecule has 1 heterocycles. The van der Waals surface area contributed by atoms with Crippen LogP contribution in [0.5, 0.6) is 0 Å². The van der Waals surface area contributed by atoms with E-state index in [9.17, 15) is 0 Å². The van der Waals surface area contributed by atoms with Gasteiger partial charge in [-0.25, -0.2) is 4.98 Å². The van der Waals surface area contributed by atoms with Gasteiger partial charge in [0.25, 0.3) is 0 Å². The smallest absolute Gasteiger partial charge is 0.101 e. The van der Waals surface area contributed by atoms with Crippen LogP contribution in [0.15, 0.2) is 52.5 Å². The maximum Gasteiger partial charge on any atom is 0.101 e. The average molecular weight is 237 g/mol. The Kier molecular flexibility index (Phi) is 3.14. The minimum atomic E-state index is 0.580. The van der Waals surface area contributed by atoms with Crippen molar-refractivity contribution in [3.05, 3.63) is 47.6 Å². The quantitative estimate of drug-likeness (QED) is 0.812. The molecule has 0 bridgehead atoms. The van der Waals surface area contributed by atoms with Crippen molar-refractivity contribution < 1.29 is 0 Å². The van der Waals surface area contributed by atoms with Crippen molar-refractivity contribution in [1.29, 1.82) is 0 Å². The van der Waals surface area contributed by atoms with E-state index in [2.05, 4.69) is 4.98 Å². The second-order valence-electron chi connectivity index (χ2n) is 2.92. The summed E-state index contributed by atoms with van der Waals surface area (Å²) in [5.41, 5.74) is 6.46. The standard InChI is InChI=1S/C11H9ClN2S/c12-8-4-3-5-9(11(8)13)15-10-6-1-2-7-14-10/h1-7H,13H2. The number of hydrogen-bond acceptors (Lipinski definition) is 3. The SMILES string of the molecule is Nc1c(Cl)cccc1Sc1ccccn1. The van der Waals surface area contributed by atoms with Gasteiger partial charge in [0.2, 0.25) is 0 Å². The van der Waals surface area contributed by atoms with Crippen LogP contribution < -0.4 is 5.73 Å². The fourth-order valence-corrected chi connectivity index (χ4v) is 2.21. The van der Waals surface area contributed by atoms with Crippen LogP contribution in [0.3, 0.4) is 0 Å². The second-order valence-corrected chi connectivity index (χ2v) is 4.39. The highest BCUT2D eigenvalue weighted by atomic mass is 35.5. The van der Waals surface area contributed by atoms with E-state index in [0.717, 1.165) is 9.92 Å². The lowest BCUT2D eigenvalue weighted by molar-refractivity contribution is 1.13. The molecular weight excluding hydrogens is 228 g/mol. The fraction of sp³-hybridized carbons (Fsp3) is 0. The molecule has 2 rings (SSSR count). The van der Waals surface area contributed by atoms with Gasteiger partial charge in [-0.3, -0.25) is 0 Å². The van der Waals surface area contributed by atoms with Crippen LogP contribution in [0.1, 0.15) is 0 Å². The Morgan fingerprint density at radius 3 is 2.73 bits per heavy atom. The van der Waals surface area contributed by atoms with Gasteiger partial charge < -0.3 is 5.73 Å². The molecule has 0 aliphatic carbocycles. The van der Waals surface area contributed by atoms with Crippen molar-refractivity contribution in [1.82, 2.24) is 4.98 Å². The van der Waals surface area contributed by atoms with Gasteiger partial charge in [0.15, 0.2) is 0 Å². The molecule has 0 fully saturated rings. The normalized spacial score (nSPS) is 10.2. The topological polar surface area (TPSA) is 38.9 Å². The van der Waals surface area contributed by atoms with Crippen molar-refractivity contribution in [2.75, 3.05) is 5.73 Å². The number of rotatable bonds is 2. The van der Waals surface area contributed by atoms with E-state index in [-0.39, 0.29) is 0 Å². The molecule has 0 amide bonds. The molecular formula is C11H9ClN2S. The van der Waals surface area contributed by atoms with Crippen LogP contribution in [-0.2, 0) is 0 Å². The molecule has 15 heavy (non-hydrogen) atoms. The highest BCUT2D eigenvalue weighted by Gasteiger charge is 2.04. The molecule has 2 nitrogen and oxygen atoms in total. The summed E-state index contributed by atoms with van der Waals surface area (Å²) in [7, 11) is 0. The van der Waals surface area contributed by atoms with Crippen LogP contribution >= 0.6 is 23.4 Å². The van der Waals surface area contributed by atoms with E-state index >= 15 is 0 Å². The number of para-hydroxylation sites is 1. The van der Waals surface area contributed by atoms with Gasteiger partial charge in [-0.1, -0.05) is 35.5 Å². The van der Waals surface area contributed by atoms with Gasteiger partial charge in [-0.05, 0) is 24.3 Å². The van der Waals surface area contributed by atoms with E-state index in [1.165, 1.54) is 11.8 Å². The van der Waals surface area contributed by atoms with Gasteiger partial charge in [0.1, 0.15) is 5.03 Å². The number of halogens is 1. The third kappa shape index (κ3) is 2.43. The molecule has 0 atom stereocenters. The highest BCUT2D eigenvalue weighted by molar-refractivity contribution is 7.99. The maximum atomic E-state index is 5.92. The zero-order chi connectivity index (χ0) is 10.7. The lowest BCUT2D eigenvalue weighted by Crippen LogP contribution is -1.89. The Balaban J connectivity index is 2.29. The first-order valence-electron chi connectivity index (χ1n) is 4.40. The molecule has 0 radical (unpaired) electrons. The van der Waals surface area contributed by atoms with Crippen molar-refractivity contribution in [2.45, 2.75) is 9.92 Å². The molecule has 1 aromatic heterocycles. The van der Waals surface area contributed by atoms with E-state index in [4.69, 9.17) is 17.3 Å². The summed E-state index contributed by atoms with van der Waals surface area (Å²) >= 11 is 7.43. The fourth-order valence-electron chi connectivity index (χ4n) is 1.13. The number of anilines is 1. The molecule has 2 aromatic rings. The van der Waals surface area contributed by atoms with Gasteiger partial charge in [-0.2, -0.15) is 0 Å². The molecule has 0 unspecified atom stereocenters. The number of hydrogen-bond donors (Lipinski definition) is 1. The Hall–Kier alpha value is -1.19. The van der Waals surface area contributed by atoms with Crippen LogP contribution in [0, 0.1) is 0 Å². The molecule has 0 aliphatic rings. The summed E-state index contributed by atoms with van der Waals surface area (Å²) < 4.78 is 0. The second kappa shape index (κ2) is 4.55. The molecule has 1 aromatic carbocycles. The third-order valence-electron chi connectivity index (χ3n) is 1.87. The minimum Gasteiger partial charge on any atom is -0.397 e. The van der Waals surface area contributed by atoms with Crippen LogP contribution in [0.4, 0.5) is 5.69 Å². The summed E-state index contributed by atoms with van der Waals surface area (Å²) in [4.78, 5) is 5.14. The number of nitrogen functional groups attached to an aromatic ring is 1. The first-order valence-corrected chi connectivity index (χ1v) is 5.59. The van der Waals surface area contributed by atoms with Gasteiger partial charge >= 0.3 is 0 Å². The lowest BCUT2D eigenvalue weighted by atomic mass is 10.3. The van der Waals surface area contributed by atoms with Crippen LogP contribution in [-0.4, -0.2) is 4.98 Å². The number of pyridine rings is 1. The third-order valence-corrected chi connectivity index (χ3v) is 3.22. The molecule has 76 valence electrons. The molecule has 2 N–H and O–H groups in total. The summed E-state index contributed by atoms with van der Waals surface area (Å²) in [5.74, 6) is 0. The molecule has 0 aliphatic heterocycles. The summed E-state index contributed by atoms with van der Waals surface area (Å²) in [6.07, 6.45) is 1.75. The van der Waals surface area contributed by atoms with Crippen LogP contribution in [0.2, 0.25) is 5.02 Å². The predicted octanol–water partition coefficient (Wildman–Crippen LogP) is 3.47. The summed E-state index contributed by atoms with van der Waals surface area (Å²) in [5, 5.41) is 1.49. The number of nitrogens with zero attached hydrogens (tertiary/aromatic N) is 1. The zero-order valence-electron chi connectivity index (χ0n) is 7.85. The first-order chi connectivity index (χ1) is 7.27. The van der Waals surface area contributed by atoms with E-state index in [0.29, 0.717) is 10.7 Å². The zero-order valence-corrected chi connectivity index (χ0v) is 9.42.